The number of hydrogen-bond acceptors (Lipinski definition) is 2. The van der Waals surface area contributed by atoms with Crippen molar-refractivity contribution in [1.29, 1.82) is 5.26 Å². The average Bonchev–Trinajstić information content (AvgIpc) is 2.32. The molecule has 1 atom stereocenters. The van der Waals surface area contributed by atoms with Crippen molar-refractivity contribution in [2.45, 2.75) is 26.2 Å². The van der Waals surface area contributed by atoms with Gasteiger partial charge in [-0.25, -0.2) is 0 Å². The zero-order valence-electron chi connectivity index (χ0n) is 9.44. The molecule has 0 fully saturated rings. The molecule has 1 aromatic rings. The minimum Gasteiger partial charge on any atom is -0.368 e. The number of amides is 1. The highest BCUT2D eigenvalue weighted by molar-refractivity contribution is 5.83. The Balaban J connectivity index is 2.73. The second-order valence-corrected chi connectivity index (χ2v) is 3.90. The van der Waals surface area contributed by atoms with Crippen LogP contribution in [-0.2, 0) is 11.2 Å². The number of nitrogens with zero attached hydrogens (tertiary/aromatic N) is 1. The molecule has 0 aliphatic rings. The Morgan fingerprint density at radius 3 is 2.50 bits per heavy atom. The van der Waals surface area contributed by atoms with Crippen LogP contribution in [0.15, 0.2) is 30.3 Å². The standard InChI is InChI=1S/C13H16N2O/c1-2-13(10-14,12(15)16)9-8-11-6-4-3-5-7-11/h3-7H,2,8-9H2,1H3,(H2,15,16)/t13-/m0/s1. The molecule has 0 bridgehead atoms. The molecule has 0 aliphatic carbocycles. The first-order valence-corrected chi connectivity index (χ1v) is 5.39. The largest absolute Gasteiger partial charge is 0.368 e. The van der Waals surface area contributed by atoms with Gasteiger partial charge in [-0.1, -0.05) is 37.3 Å². The fourth-order valence-corrected chi connectivity index (χ4v) is 1.67. The lowest BCUT2D eigenvalue weighted by Gasteiger charge is -2.20. The van der Waals surface area contributed by atoms with E-state index in [1.165, 1.54) is 0 Å². The first kappa shape index (κ1) is 12.3. The van der Waals surface area contributed by atoms with E-state index < -0.39 is 11.3 Å². The summed E-state index contributed by atoms with van der Waals surface area (Å²) in [6.45, 7) is 1.82. The van der Waals surface area contributed by atoms with Crippen LogP contribution in [0.1, 0.15) is 25.3 Å². The van der Waals surface area contributed by atoms with Crippen LogP contribution in [-0.4, -0.2) is 5.91 Å². The summed E-state index contributed by atoms with van der Waals surface area (Å²) < 4.78 is 0. The zero-order chi connectivity index (χ0) is 12.0. The molecule has 84 valence electrons. The first-order valence-electron chi connectivity index (χ1n) is 5.39. The van der Waals surface area contributed by atoms with E-state index in [0.29, 0.717) is 19.3 Å². The Morgan fingerprint density at radius 2 is 2.06 bits per heavy atom. The van der Waals surface area contributed by atoms with Crippen molar-refractivity contribution in [2.75, 3.05) is 0 Å². The Bertz CT molecular complexity index is 394. The molecule has 0 saturated carbocycles. The Labute approximate surface area is 95.9 Å². The van der Waals surface area contributed by atoms with Crippen molar-refractivity contribution in [3.63, 3.8) is 0 Å². The average molecular weight is 216 g/mol. The Morgan fingerprint density at radius 1 is 1.44 bits per heavy atom. The van der Waals surface area contributed by atoms with E-state index in [2.05, 4.69) is 6.07 Å². The highest BCUT2D eigenvalue weighted by Gasteiger charge is 2.34. The summed E-state index contributed by atoms with van der Waals surface area (Å²) in [6, 6.07) is 11.9. The first-order chi connectivity index (χ1) is 7.64. The number of nitrogens with two attached hydrogens (primary N) is 1. The molecule has 0 aliphatic heterocycles. The number of carbonyl (C=O) groups is 1. The van der Waals surface area contributed by atoms with Crippen molar-refractivity contribution >= 4 is 5.91 Å². The van der Waals surface area contributed by atoms with Crippen molar-refractivity contribution in [2.24, 2.45) is 11.1 Å². The summed E-state index contributed by atoms with van der Waals surface area (Å²) >= 11 is 0. The maximum absolute atomic E-state index is 11.3. The van der Waals surface area contributed by atoms with Crippen molar-refractivity contribution < 1.29 is 4.79 Å². The maximum Gasteiger partial charge on any atom is 0.237 e. The van der Waals surface area contributed by atoms with Crippen LogP contribution in [0.5, 0.6) is 0 Å². The van der Waals surface area contributed by atoms with E-state index >= 15 is 0 Å². The van der Waals surface area contributed by atoms with Crippen LogP contribution < -0.4 is 5.73 Å². The minimum atomic E-state index is -1.02. The van der Waals surface area contributed by atoms with Gasteiger partial charge in [-0.05, 0) is 24.8 Å². The van der Waals surface area contributed by atoms with Crippen LogP contribution in [0, 0.1) is 16.7 Å². The third-order valence-corrected chi connectivity index (χ3v) is 2.97. The quantitative estimate of drug-likeness (QED) is 0.818. The molecule has 0 radical (unpaired) electrons. The predicted molar refractivity (Wildman–Crippen MR) is 62.3 cm³/mol. The normalized spacial score (nSPS) is 13.8. The third-order valence-electron chi connectivity index (χ3n) is 2.97. The molecule has 0 aromatic heterocycles. The van der Waals surface area contributed by atoms with Gasteiger partial charge < -0.3 is 5.73 Å². The van der Waals surface area contributed by atoms with E-state index in [1.54, 1.807) is 0 Å². The fourth-order valence-electron chi connectivity index (χ4n) is 1.67. The number of hydrogen-bond donors (Lipinski definition) is 1. The summed E-state index contributed by atoms with van der Waals surface area (Å²) in [7, 11) is 0. The van der Waals surface area contributed by atoms with Crippen LogP contribution in [0.4, 0.5) is 0 Å². The molecule has 16 heavy (non-hydrogen) atoms. The number of nitriles is 1. The summed E-state index contributed by atoms with van der Waals surface area (Å²) in [4.78, 5) is 11.3. The number of aryl methyl sites for hydroxylation is 1. The summed E-state index contributed by atoms with van der Waals surface area (Å²) in [6.07, 6.45) is 1.65. The fraction of sp³-hybridized carbons (Fsp3) is 0.385. The van der Waals surface area contributed by atoms with Crippen LogP contribution in [0.25, 0.3) is 0 Å². The van der Waals surface area contributed by atoms with Gasteiger partial charge in [0.05, 0.1) is 6.07 Å². The van der Waals surface area contributed by atoms with E-state index in [4.69, 9.17) is 11.0 Å². The van der Waals surface area contributed by atoms with E-state index in [9.17, 15) is 4.79 Å². The molecule has 2 N–H and O–H groups in total. The van der Waals surface area contributed by atoms with Gasteiger partial charge in [0.15, 0.2) is 0 Å². The van der Waals surface area contributed by atoms with Gasteiger partial charge in [-0.15, -0.1) is 0 Å². The summed E-state index contributed by atoms with van der Waals surface area (Å²) in [5, 5.41) is 9.07. The summed E-state index contributed by atoms with van der Waals surface area (Å²) in [5.74, 6) is -0.520. The monoisotopic (exact) mass is 216 g/mol. The molecule has 0 unspecified atom stereocenters. The van der Waals surface area contributed by atoms with Gasteiger partial charge >= 0.3 is 0 Å². The molecule has 0 spiro atoms. The predicted octanol–water partition coefficient (Wildman–Crippen LogP) is 2.02. The van der Waals surface area contributed by atoms with E-state index in [0.717, 1.165) is 5.56 Å². The van der Waals surface area contributed by atoms with Gasteiger partial charge in [-0.3, -0.25) is 4.79 Å². The van der Waals surface area contributed by atoms with Gasteiger partial charge in [0.1, 0.15) is 5.41 Å². The molecular formula is C13H16N2O. The molecule has 1 amide bonds. The number of benzene rings is 1. The SMILES string of the molecule is CC[C@@](C#N)(CCc1ccccc1)C(N)=O. The van der Waals surface area contributed by atoms with Gasteiger partial charge in [-0.2, -0.15) is 5.26 Å². The molecular weight excluding hydrogens is 200 g/mol. The lowest BCUT2D eigenvalue weighted by molar-refractivity contribution is -0.125. The number of primary amides is 1. The molecule has 0 heterocycles. The van der Waals surface area contributed by atoms with Crippen LogP contribution in [0.2, 0.25) is 0 Å². The molecule has 1 aromatic carbocycles. The van der Waals surface area contributed by atoms with Crippen molar-refractivity contribution in [1.82, 2.24) is 0 Å². The summed E-state index contributed by atoms with van der Waals surface area (Å²) in [5.41, 5.74) is 5.40. The van der Waals surface area contributed by atoms with Crippen LogP contribution >= 0.6 is 0 Å². The van der Waals surface area contributed by atoms with Crippen LogP contribution in [0.3, 0.4) is 0 Å². The van der Waals surface area contributed by atoms with Crippen molar-refractivity contribution in [3.05, 3.63) is 35.9 Å². The van der Waals surface area contributed by atoms with E-state index in [-0.39, 0.29) is 0 Å². The lowest BCUT2D eigenvalue weighted by atomic mass is 9.80. The maximum atomic E-state index is 11.3. The Hall–Kier alpha value is -1.82. The highest BCUT2D eigenvalue weighted by Crippen LogP contribution is 2.27. The molecule has 3 nitrogen and oxygen atoms in total. The molecule has 3 heteroatoms. The topological polar surface area (TPSA) is 66.9 Å². The van der Waals surface area contributed by atoms with Gasteiger partial charge in [0.2, 0.25) is 5.91 Å². The molecule has 0 saturated heterocycles. The smallest absolute Gasteiger partial charge is 0.237 e. The van der Waals surface area contributed by atoms with Crippen molar-refractivity contribution in [3.8, 4) is 6.07 Å². The number of carbonyl (C=O) groups excluding carboxylic acids is 1. The lowest BCUT2D eigenvalue weighted by Crippen LogP contribution is -2.35. The molecule has 1 rings (SSSR count). The second kappa shape index (κ2) is 5.32. The second-order valence-electron chi connectivity index (χ2n) is 3.90. The zero-order valence-corrected chi connectivity index (χ0v) is 9.44. The highest BCUT2D eigenvalue weighted by atomic mass is 16.1. The number of rotatable bonds is 5. The third kappa shape index (κ3) is 2.60. The Kier molecular flexibility index (Phi) is 4.07. The van der Waals surface area contributed by atoms with E-state index in [1.807, 2.05) is 37.3 Å². The minimum absolute atomic E-state index is 0.464. The van der Waals surface area contributed by atoms with Gasteiger partial charge in [0, 0.05) is 0 Å². The van der Waals surface area contributed by atoms with Gasteiger partial charge in [0.25, 0.3) is 0 Å².